The zero-order chi connectivity index (χ0) is 15.4. The van der Waals surface area contributed by atoms with E-state index in [9.17, 15) is 9.90 Å². The van der Waals surface area contributed by atoms with E-state index in [1.807, 2.05) is 19.1 Å². The van der Waals surface area contributed by atoms with Gasteiger partial charge in [0.25, 0.3) is 0 Å². The van der Waals surface area contributed by atoms with Crippen LogP contribution in [0, 0.1) is 6.92 Å². The third-order valence-corrected chi connectivity index (χ3v) is 4.25. The molecule has 0 aliphatic carbocycles. The summed E-state index contributed by atoms with van der Waals surface area (Å²) in [6, 6.07) is 6.26. The van der Waals surface area contributed by atoms with Crippen LogP contribution in [0.1, 0.15) is 43.7 Å². The normalized spacial score (nSPS) is 19.2. The maximum absolute atomic E-state index is 12.3. The predicted octanol–water partition coefficient (Wildman–Crippen LogP) is 2.51. The number of aryl methyl sites for hydroxylation is 1. The van der Waals surface area contributed by atoms with Crippen LogP contribution < -0.4 is 5.32 Å². The summed E-state index contributed by atoms with van der Waals surface area (Å²) in [5.74, 6) is 0.378. The van der Waals surface area contributed by atoms with Gasteiger partial charge in [-0.15, -0.1) is 0 Å². The van der Waals surface area contributed by atoms with Gasteiger partial charge in [-0.05, 0) is 43.4 Å². The summed E-state index contributed by atoms with van der Waals surface area (Å²) >= 11 is 0. The lowest BCUT2D eigenvalue weighted by Gasteiger charge is -2.23. The molecule has 0 bridgehead atoms. The van der Waals surface area contributed by atoms with E-state index in [0.717, 1.165) is 30.6 Å². The van der Waals surface area contributed by atoms with Gasteiger partial charge in [0, 0.05) is 11.7 Å². The molecule has 1 aliphatic rings. The second-order valence-electron chi connectivity index (χ2n) is 6.19. The SMILES string of the molecule is Cc1cccc(C(C)C)c1NC(=O)CN1CCC[C@@H]1CO. The number of hydrogen-bond acceptors (Lipinski definition) is 3. The second kappa shape index (κ2) is 7.05. The van der Waals surface area contributed by atoms with Crippen molar-refractivity contribution in [3.63, 3.8) is 0 Å². The molecule has 116 valence electrons. The topological polar surface area (TPSA) is 52.6 Å². The molecule has 1 heterocycles. The van der Waals surface area contributed by atoms with E-state index in [2.05, 4.69) is 30.1 Å². The fourth-order valence-corrected chi connectivity index (χ4v) is 3.02. The Kier molecular flexibility index (Phi) is 5.37. The van der Waals surface area contributed by atoms with Crippen LogP contribution >= 0.6 is 0 Å². The fourth-order valence-electron chi connectivity index (χ4n) is 3.02. The van der Waals surface area contributed by atoms with Crippen molar-refractivity contribution in [1.82, 2.24) is 4.90 Å². The number of benzene rings is 1. The van der Waals surface area contributed by atoms with Gasteiger partial charge in [-0.1, -0.05) is 32.0 Å². The van der Waals surface area contributed by atoms with Crippen molar-refractivity contribution in [2.24, 2.45) is 0 Å². The number of carbonyl (C=O) groups excluding carboxylic acids is 1. The maximum Gasteiger partial charge on any atom is 0.238 e. The highest BCUT2D eigenvalue weighted by atomic mass is 16.3. The standard InChI is InChI=1S/C17H26N2O2/c1-12(2)15-8-4-6-13(3)17(15)18-16(21)10-19-9-5-7-14(19)11-20/h4,6,8,12,14,20H,5,7,9-11H2,1-3H3,(H,18,21)/t14-/m1/s1. The lowest BCUT2D eigenvalue weighted by Crippen LogP contribution is -2.38. The van der Waals surface area contributed by atoms with Gasteiger partial charge < -0.3 is 10.4 Å². The molecular weight excluding hydrogens is 264 g/mol. The molecule has 1 amide bonds. The number of nitrogens with one attached hydrogen (secondary N) is 1. The molecule has 1 aliphatic heterocycles. The first-order valence-electron chi connectivity index (χ1n) is 7.77. The molecule has 21 heavy (non-hydrogen) atoms. The highest BCUT2D eigenvalue weighted by Crippen LogP contribution is 2.27. The summed E-state index contributed by atoms with van der Waals surface area (Å²) < 4.78 is 0. The Balaban J connectivity index is 2.06. The molecule has 0 spiro atoms. The molecule has 1 aromatic rings. The average molecular weight is 290 g/mol. The van der Waals surface area contributed by atoms with Gasteiger partial charge in [-0.3, -0.25) is 9.69 Å². The molecule has 1 aromatic carbocycles. The first-order chi connectivity index (χ1) is 10.0. The van der Waals surface area contributed by atoms with Crippen molar-refractivity contribution < 1.29 is 9.90 Å². The third kappa shape index (κ3) is 3.83. The van der Waals surface area contributed by atoms with Crippen LogP contribution in [0.3, 0.4) is 0 Å². The van der Waals surface area contributed by atoms with Crippen LogP contribution in [0.5, 0.6) is 0 Å². The van der Waals surface area contributed by atoms with Gasteiger partial charge in [0.05, 0.1) is 13.2 Å². The third-order valence-electron chi connectivity index (χ3n) is 4.25. The number of nitrogens with zero attached hydrogens (tertiary/aromatic N) is 1. The molecule has 0 aromatic heterocycles. The Bertz CT molecular complexity index is 500. The van der Waals surface area contributed by atoms with Gasteiger partial charge in [0.15, 0.2) is 0 Å². The number of para-hydroxylation sites is 1. The summed E-state index contributed by atoms with van der Waals surface area (Å²) in [6.07, 6.45) is 2.03. The summed E-state index contributed by atoms with van der Waals surface area (Å²) in [5, 5.41) is 12.4. The van der Waals surface area contributed by atoms with Crippen LogP contribution in [0.25, 0.3) is 0 Å². The smallest absolute Gasteiger partial charge is 0.238 e. The fraction of sp³-hybridized carbons (Fsp3) is 0.588. The van der Waals surface area contributed by atoms with Crippen LogP contribution in [0.2, 0.25) is 0 Å². The van der Waals surface area contributed by atoms with Gasteiger partial charge in [-0.25, -0.2) is 0 Å². The molecule has 1 saturated heterocycles. The van der Waals surface area contributed by atoms with E-state index in [-0.39, 0.29) is 18.6 Å². The predicted molar refractivity (Wildman–Crippen MR) is 85.6 cm³/mol. The van der Waals surface area contributed by atoms with Crippen molar-refractivity contribution in [2.75, 3.05) is 25.0 Å². The molecule has 2 N–H and O–H groups in total. The number of rotatable bonds is 5. The maximum atomic E-state index is 12.3. The Morgan fingerprint density at radius 3 is 2.90 bits per heavy atom. The first kappa shape index (κ1) is 16.0. The van der Waals surface area contributed by atoms with E-state index >= 15 is 0 Å². The van der Waals surface area contributed by atoms with E-state index in [0.29, 0.717) is 12.5 Å². The van der Waals surface area contributed by atoms with Crippen molar-refractivity contribution in [3.8, 4) is 0 Å². The molecule has 0 radical (unpaired) electrons. The van der Waals surface area contributed by atoms with Crippen LogP contribution in [-0.2, 0) is 4.79 Å². The highest BCUT2D eigenvalue weighted by molar-refractivity contribution is 5.94. The number of aliphatic hydroxyl groups is 1. The van der Waals surface area contributed by atoms with E-state index in [1.54, 1.807) is 0 Å². The van der Waals surface area contributed by atoms with Crippen LogP contribution in [-0.4, -0.2) is 41.7 Å². The van der Waals surface area contributed by atoms with E-state index in [1.165, 1.54) is 5.56 Å². The first-order valence-corrected chi connectivity index (χ1v) is 7.77. The van der Waals surface area contributed by atoms with Crippen molar-refractivity contribution in [2.45, 2.75) is 45.6 Å². The zero-order valence-electron chi connectivity index (χ0n) is 13.2. The summed E-state index contributed by atoms with van der Waals surface area (Å²) in [4.78, 5) is 14.4. The summed E-state index contributed by atoms with van der Waals surface area (Å²) in [6.45, 7) is 7.67. The number of anilines is 1. The Morgan fingerprint density at radius 1 is 1.48 bits per heavy atom. The minimum Gasteiger partial charge on any atom is -0.395 e. The number of aliphatic hydroxyl groups excluding tert-OH is 1. The van der Waals surface area contributed by atoms with Gasteiger partial charge in [0.2, 0.25) is 5.91 Å². The van der Waals surface area contributed by atoms with Crippen molar-refractivity contribution >= 4 is 11.6 Å². The molecule has 0 saturated carbocycles. The largest absolute Gasteiger partial charge is 0.395 e. The molecule has 2 rings (SSSR count). The number of likely N-dealkylation sites (tertiary alicyclic amines) is 1. The highest BCUT2D eigenvalue weighted by Gasteiger charge is 2.25. The second-order valence-corrected chi connectivity index (χ2v) is 6.19. The number of carbonyl (C=O) groups is 1. The van der Waals surface area contributed by atoms with E-state index in [4.69, 9.17) is 0 Å². The lowest BCUT2D eigenvalue weighted by atomic mass is 9.98. The van der Waals surface area contributed by atoms with Crippen molar-refractivity contribution in [1.29, 1.82) is 0 Å². The Hall–Kier alpha value is -1.39. The minimum atomic E-state index is 0.00606. The molecule has 0 unspecified atom stereocenters. The van der Waals surface area contributed by atoms with E-state index < -0.39 is 0 Å². The van der Waals surface area contributed by atoms with Gasteiger partial charge in [-0.2, -0.15) is 0 Å². The quantitative estimate of drug-likeness (QED) is 0.876. The monoisotopic (exact) mass is 290 g/mol. The Labute approximate surface area is 127 Å². The minimum absolute atomic E-state index is 0.00606. The van der Waals surface area contributed by atoms with Crippen LogP contribution in [0.4, 0.5) is 5.69 Å². The number of hydrogen-bond donors (Lipinski definition) is 2. The molecule has 1 atom stereocenters. The molecule has 4 nitrogen and oxygen atoms in total. The zero-order valence-corrected chi connectivity index (χ0v) is 13.2. The molecule has 4 heteroatoms. The average Bonchev–Trinajstić information content (AvgIpc) is 2.87. The summed E-state index contributed by atoms with van der Waals surface area (Å²) in [7, 11) is 0. The molecule has 1 fully saturated rings. The van der Waals surface area contributed by atoms with Crippen molar-refractivity contribution in [3.05, 3.63) is 29.3 Å². The van der Waals surface area contributed by atoms with Gasteiger partial charge >= 0.3 is 0 Å². The van der Waals surface area contributed by atoms with Gasteiger partial charge in [0.1, 0.15) is 0 Å². The van der Waals surface area contributed by atoms with Crippen LogP contribution in [0.15, 0.2) is 18.2 Å². The summed E-state index contributed by atoms with van der Waals surface area (Å²) in [5.41, 5.74) is 3.20. The lowest BCUT2D eigenvalue weighted by molar-refractivity contribution is -0.117. The molecular formula is C17H26N2O2. The Morgan fingerprint density at radius 2 is 2.24 bits per heavy atom. The number of amides is 1.